The zero-order chi connectivity index (χ0) is 18.4. The van der Waals surface area contributed by atoms with E-state index in [9.17, 15) is 14.9 Å². The Kier molecular flexibility index (Phi) is 5.79. The third kappa shape index (κ3) is 4.36. The van der Waals surface area contributed by atoms with E-state index in [2.05, 4.69) is 15.5 Å². The number of nitrogens with zero attached hydrogens (tertiary/aromatic N) is 3. The Morgan fingerprint density at radius 1 is 1.35 bits per heavy atom. The molecule has 1 saturated carbocycles. The second kappa shape index (κ2) is 8.43. The first-order valence-corrected chi connectivity index (χ1v) is 8.76. The maximum Gasteiger partial charge on any atom is 0.245 e. The summed E-state index contributed by atoms with van der Waals surface area (Å²) in [6.45, 7) is 0. The summed E-state index contributed by atoms with van der Waals surface area (Å²) in [5, 5.41) is 15.8. The monoisotopic (exact) mass is 356 g/mol. The lowest BCUT2D eigenvalue weighted by atomic mass is 9.94. The number of aromatic nitrogens is 2. The van der Waals surface area contributed by atoms with E-state index >= 15 is 0 Å². The molecule has 1 aliphatic rings. The van der Waals surface area contributed by atoms with Crippen LogP contribution in [-0.4, -0.2) is 27.9 Å². The minimum atomic E-state index is -1.30. The van der Waals surface area contributed by atoms with Crippen molar-refractivity contribution in [3.05, 3.63) is 24.3 Å². The van der Waals surface area contributed by atoms with E-state index in [1.165, 1.54) is 6.26 Å². The van der Waals surface area contributed by atoms with Crippen molar-refractivity contribution in [3.8, 4) is 17.7 Å². The van der Waals surface area contributed by atoms with Gasteiger partial charge in [0.1, 0.15) is 0 Å². The molecule has 2 heterocycles. The van der Waals surface area contributed by atoms with Crippen molar-refractivity contribution in [1.29, 1.82) is 5.26 Å². The maximum absolute atomic E-state index is 12.3. The smallest absolute Gasteiger partial charge is 0.245 e. The quantitative estimate of drug-likeness (QED) is 0.756. The zero-order valence-electron chi connectivity index (χ0n) is 14.3. The topological polar surface area (TPSA) is 122 Å². The number of nitriles is 1. The van der Waals surface area contributed by atoms with Gasteiger partial charge >= 0.3 is 0 Å². The Bertz CT molecular complexity index is 784. The molecule has 8 heteroatoms. The van der Waals surface area contributed by atoms with Crippen LogP contribution in [0.15, 0.2) is 27.3 Å². The number of hydrogen-bond acceptors (Lipinski definition) is 7. The van der Waals surface area contributed by atoms with Crippen LogP contribution in [0.3, 0.4) is 0 Å². The first-order valence-electron chi connectivity index (χ1n) is 8.76. The lowest BCUT2D eigenvalue weighted by Gasteiger charge is -2.23. The fourth-order valence-electron chi connectivity index (χ4n) is 3.05. The van der Waals surface area contributed by atoms with E-state index in [-0.39, 0.29) is 24.8 Å². The van der Waals surface area contributed by atoms with Gasteiger partial charge in [-0.2, -0.15) is 10.2 Å². The molecule has 0 bridgehead atoms. The molecule has 0 spiro atoms. The Morgan fingerprint density at radius 2 is 2.15 bits per heavy atom. The predicted molar refractivity (Wildman–Crippen MR) is 89.4 cm³/mol. The Hall–Kier alpha value is -2.95. The van der Waals surface area contributed by atoms with Gasteiger partial charge in [-0.15, -0.1) is 0 Å². The van der Waals surface area contributed by atoms with Crippen LogP contribution < -0.4 is 5.32 Å². The number of ketones is 1. The van der Waals surface area contributed by atoms with E-state index < -0.39 is 17.6 Å². The van der Waals surface area contributed by atoms with Crippen molar-refractivity contribution in [2.24, 2.45) is 5.92 Å². The van der Waals surface area contributed by atoms with Crippen LogP contribution in [-0.2, 0) is 16.0 Å². The van der Waals surface area contributed by atoms with Gasteiger partial charge in [0.15, 0.2) is 17.5 Å². The number of aryl methyl sites for hydroxylation is 1. The molecule has 1 amide bonds. The van der Waals surface area contributed by atoms with Crippen molar-refractivity contribution in [1.82, 2.24) is 15.5 Å². The van der Waals surface area contributed by atoms with Gasteiger partial charge in [0, 0.05) is 18.9 Å². The van der Waals surface area contributed by atoms with Crippen LogP contribution in [0.1, 0.15) is 44.4 Å². The minimum absolute atomic E-state index is 0.0178. The number of rotatable bonds is 7. The molecular weight excluding hydrogens is 336 g/mol. The third-order valence-electron chi connectivity index (χ3n) is 4.46. The largest absolute Gasteiger partial charge is 0.461 e. The SMILES string of the molecule is N#CC(C(=O)CCc1nc(-c2ccco2)no1)C(=O)NC1CCCCC1. The first kappa shape index (κ1) is 17.9. The molecule has 26 heavy (non-hydrogen) atoms. The predicted octanol–water partition coefficient (Wildman–Crippen LogP) is 2.42. The van der Waals surface area contributed by atoms with Crippen LogP contribution in [0.25, 0.3) is 11.6 Å². The van der Waals surface area contributed by atoms with Gasteiger partial charge in [0.2, 0.25) is 17.6 Å². The number of hydrogen-bond donors (Lipinski definition) is 1. The summed E-state index contributed by atoms with van der Waals surface area (Å²) in [7, 11) is 0. The van der Waals surface area contributed by atoms with Gasteiger partial charge in [-0.1, -0.05) is 24.4 Å². The minimum Gasteiger partial charge on any atom is -0.461 e. The molecule has 1 unspecified atom stereocenters. The number of carbonyl (C=O) groups excluding carboxylic acids is 2. The standard InChI is InChI=1S/C18H20N4O4/c19-11-13(18(24)20-12-5-2-1-3-6-12)14(23)8-9-16-21-17(22-26-16)15-7-4-10-25-15/h4,7,10,12-13H,1-3,5-6,8-9H2,(H,20,24). The molecule has 3 rings (SSSR count). The summed E-state index contributed by atoms with van der Waals surface area (Å²) >= 11 is 0. The average molecular weight is 356 g/mol. The van der Waals surface area contributed by atoms with Crippen LogP contribution in [0.2, 0.25) is 0 Å². The Balaban J connectivity index is 1.52. The second-order valence-electron chi connectivity index (χ2n) is 6.36. The third-order valence-corrected chi connectivity index (χ3v) is 4.46. The maximum atomic E-state index is 12.3. The molecule has 1 atom stereocenters. The van der Waals surface area contributed by atoms with Gasteiger partial charge in [0.25, 0.3) is 0 Å². The van der Waals surface area contributed by atoms with E-state index in [0.29, 0.717) is 11.6 Å². The lowest BCUT2D eigenvalue weighted by molar-refractivity contribution is -0.132. The highest BCUT2D eigenvalue weighted by Crippen LogP contribution is 2.19. The fraction of sp³-hybridized carbons (Fsp3) is 0.500. The number of nitrogens with one attached hydrogen (secondary N) is 1. The van der Waals surface area contributed by atoms with Crippen molar-refractivity contribution >= 4 is 11.7 Å². The fourth-order valence-corrected chi connectivity index (χ4v) is 3.05. The summed E-state index contributed by atoms with van der Waals surface area (Å²) in [6, 6.07) is 5.27. The van der Waals surface area contributed by atoms with Gasteiger partial charge in [-0.3, -0.25) is 9.59 Å². The number of carbonyl (C=O) groups is 2. The summed E-state index contributed by atoms with van der Waals surface area (Å²) in [6.07, 6.45) is 6.73. The number of amides is 1. The van der Waals surface area contributed by atoms with E-state index in [1.807, 2.05) is 6.07 Å². The Labute approximate surface area is 150 Å². The van der Waals surface area contributed by atoms with Crippen molar-refractivity contribution in [2.45, 2.75) is 51.0 Å². The molecule has 136 valence electrons. The number of furan rings is 1. The molecule has 0 radical (unpaired) electrons. The van der Waals surface area contributed by atoms with Crippen molar-refractivity contribution in [2.75, 3.05) is 0 Å². The van der Waals surface area contributed by atoms with Crippen LogP contribution in [0.4, 0.5) is 0 Å². The highest BCUT2D eigenvalue weighted by Gasteiger charge is 2.28. The van der Waals surface area contributed by atoms with E-state index in [4.69, 9.17) is 8.94 Å². The van der Waals surface area contributed by atoms with Crippen molar-refractivity contribution in [3.63, 3.8) is 0 Å². The molecule has 1 aliphatic carbocycles. The Morgan fingerprint density at radius 3 is 2.85 bits per heavy atom. The van der Waals surface area contributed by atoms with Crippen LogP contribution in [0.5, 0.6) is 0 Å². The molecule has 1 N–H and O–H groups in total. The normalized spacial score (nSPS) is 16.0. The van der Waals surface area contributed by atoms with Crippen LogP contribution >= 0.6 is 0 Å². The second-order valence-corrected chi connectivity index (χ2v) is 6.36. The van der Waals surface area contributed by atoms with Gasteiger partial charge in [-0.05, 0) is 25.0 Å². The molecule has 8 nitrogen and oxygen atoms in total. The molecule has 2 aromatic heterocycles. The molecule has 2 aromatic rings. The summed E-state index contributed by atoms with van der Waals surface area (Å²) in [4.78, 5) is 28.7. The summed E-state index contributed by atoms with van der Waals surface area (Å²) < 4.78 is 10.2. The molecule has 0 aliphatic heterocycles. The molecule has 0 saturated heterocycles. The van der Waals surface area contributed by atoms with E-state index in [1.54, 1.807) is 12.1 Å². The lowest BCUT2D eigenvalue weighted by Crippen LogP contribution is -2.42. The molecular formula is C18H20N4O4. The average Bonchev–Trinajstić information content (AvgIpc) is 3.33. The van der Waals surface area contributed by atoms with Gasteiger partial charge < -0.3 is 14.3 Å². The summed E-state index contributed by atoms with van der Waals surface area (Å²) in [5.74, 6) is -1.24. The molecule has 1 fully saturated rings. The summed E-state index contributed by atoms with van der Waals surface area (Å²) in [5.41, 5.74) is 0. The number of Topliss-reactive ketones (excluding diaryl/α,β-unsaturated/α-hetero) is 1. The van der Waals surface area contributed by atoms with Gasteiger partial charge in [0.05, 0.1) is 12.3 Å². The van der Waals surface area contributed by atoms with E-state index in [0.717, 1.165) is 32.1 Å². The van der Waals surface area contributed by atoms with Crippen molar-refractivity contribution < 1.29 is 18.5 Å². The zero-order valence-corrected chi connectivity index (χ0v) is 14.3. The molecule has 0 aromatic carbocycles. The van der Waals surface area contributed by atoms with Crippen LogP contribution in [0, 0.1) is 17.2 Å². The highest BCUT2D eigenvalue weighted by atomic mass is 16.5. The van der Waals surface area contributed by atoms with Gasteiger partial charge in [-0.25, -0.2) is 0 Å². The highest BCUT2D eigenvalue weighted by molar-refractivity contribution is 6.04. The first-order chi connectivity index (χ1) is 12.7.